The molecule has 234 valence electrons. The van der Waals surface area contributed by atoms with E-state index < -0.39 is 5.91 Å². The van der Waals surface area contributed by atoms with Gasteiger partial charge >= 0.3 is 0 Å². The molecule has 0 spiro atoms. The number of hydrogen-bond donors (Lipinski definition) is 3. The molecule has 2 aromatic heterocycles. The van der Waals surface area contributed by atoms with Gasteiger partial charge in [-0.05, 0) is 23.8 Å². The molecule has 5 rings (SSSR count). The van der Waals surface area contributed by atoms with Crippen LogP contribution < -0.4 is 15.4 Å². The Labute approximate surface area is 271 Å². The average molecular weight is 651 g/mol. The van der Waals surface area contributed by atoms with E-state index in [1.807, 2.05) is 36.4 Å². The van der Waals surface area contributed by atoms with Crippen molar-refractivity contribution in [3.63, 3.8) is 0 Å². The smallest absolute Gasteiger partial charge is 0.274 e. The van der Waals surface area contributed by atoms with Gasteiger partial charge in [0, 0.05) is 67.7 Å². The first-order valence-corrected chi connectivity index (χ1v) is 15.0. The highest BCUT2D eigenvalue weighted by Crippen LogP contribution is 2.41. The molecular formula is C33H33Cl2N5O5. The molecule has 45 heavy (non-hydrogen) atoms. The molecule has 0 aliphatic carbocycles. The van der Waals surface area contributed by atoms with Gasteiger partial charge in [0.05, 0.1) is 47.8 Å². The van der Waals surface area contributed by atoms with Crippen LogP contribution in [-0.2, 0) is 29.3 Å². The van der Waals surface area contributed by atoms with Crippen molar-refractivity contribution in [3.05, 3.63) is 93.2 Å². The molecule has 4 aromatic rings. The number of hydrogen-bond acceptors (Lipinski definition) is 8. The van der Waals surface area contributed by atoms with Gasteiger partial charge in [-0.1, -0.05) is 59.6 Å². The van der Waals surface area contributed by atoms with E-state index in [1.165, 1.54) is 20.2 Å². The summed E-state index contributed by atoms with van der Waals surface area (Å²) >= 11 is 13.8. The van der Waals surface area contributed by atoms with Gasteiger partial charge < -0.3 is 25.2 Å². The Morgan fingerprint density at radius 1 is 0.978 bits per heavy atom. The third-order valence-corrected chi connectivity index (χ3v) is 8.30. The summed E-state index contributed by atoms with van der Waals surface area (Å²) in [5, 5.41) is 16.1. The van der Waals surface area contributed by atoms with Gasteiger partial charge in [0.1, 0.15) is 5.69 Å². The summed E-state index contributed by atoms with van der Waals surface area (Å²) in [4.78, 5) is 35.6. The lowest BCUT2D eigenvalue weighted by Crippen LogP contribution is -2.58. The second kappa shape index (κ2) is 14.4. The van der Waals surface area contributed by atoms with Crippen LogP contribution >= 0.6 is 23.2 Å². The Morgan fingerprint density at radius 3 is 2.38 bits per heavy atom. The number of benzene rings is 2. The summed E-state index contributed by atoms with van der Waals surface area (Å²) in [5.41, 5.74) is 5.33. The number of anilines is 1. The number of pyridine rings is 2. The molecule has 2 aromatic carbocycles. The molecule has 0 atom stereocenters. The summed E-state index contributed by atoms with van der Waals surface area (Å²) in [6, 6.07) is 16.5. The summed E-state index contributed by atoms with van der Waals surface area (Å²) in [7, 11) is 3.12. The standard InChI is InChI=1S/C33H33Cl2N5O5/c1-19(42)37-23-15-40(16-23)14-20-10-11-27(39-33(20)45-3)26-8-4-6-24(30(26)34)25-7-5-9-28(31(25)35)38-32(43)29-12-21(18-44-2)22(17-41)13-36-29/h4-13,23,41H,14-18H2,1-3H3,(H,37,42)(H,38,43). The SMILES string of the molecule is COCc1cc(C(=O)Nc2cccc(-c3cccc(-c4ccc(CN5CC(NC(C)=O)C5)c(OC)n4)c3Cl)c2Cl)ncc1CO. The topological polar surface area (TPSA) is 126 Å². The molecule has 0 saturated carbocycles. The van der Waals surface area contributed by atoms with Crippen molar-refractivity contribution in [1.82, 2.24) is 20.2 Å². The number of carbonyl (C=O) groups excluding carboxylic acids is 2. The number of rotatable bonds is 11. The van der Waals surface area contributed by atoms with Gasteiger partial charge in [0.15, 0.2) is 0 Å². The van der Waals surface area contributed by atoms with E-state index in [0.29, 0.717) is 61.7 Å². The number of amides is 2. The van der Waals surface area contributed by atoms with Gasteiger partial charge in [-0.2, -0.15) is 0 Å². The fraction of sp³-hybridized carbons (Fsp3) is 0.273. The molecule has 2 amide bonds. The van der Waals surface area contributed by atoms with Gasteiger partial charge in [-0.25, -0.2) is 4.98 Å². The first-order valence-electron chi connectivity index (χ1n) is 14.2. The Balaban J connectivity index is 1.37. The minimum atomic E-state index is -0.462. The minimum Gasteiger partial charge on any atom is -0.481 e. The van der Waals surface area contributed by atoms with Crippen molar-refractivity contribution in [3.8, 4) is 28.3 Å². The largest absolute Gasteiger partial charge is 0.481 e. The van der Waals surface area contributed by atoms with Crippen LogP contribution in [0.2, 0.25) is 10.0 Å². The maximum atomic E-state index is 13.1. The van der Waals surface area contributed by atoms with Crippen LogP contribution in [-0.4, -0.2) is 65.1 Å². The van der Waals surface area contributed by atoms with Crippen LogP contribution in [0.1, 0.15) is 34.1 Å². The molecule has 12 heteroatoms. The van der Waals surface area contributed by atoms with Crippen LogP contribution in [0.4, 0.5) is 5.69 Å². The normalized spacial score (nSPS) is 13.3. The number of nitrogens with zero attached hydrogens (tertiary/aromatic N) is 3. The van der Waals surface area contributed by atoms with Crippen LogP contribution in [0.15, 0.2) is 60.8 Å². The van der Waals surface area contributed by atoms with E-state index >= 15 is 0 Å². The number of ether oxygens (including phenoxy) is 2. The highest BCUT2D eigenvalue weighted by Gasteiger charge is 2.28. The quantitative estimate of drug-likeness (QED) is 0.199. The van der Waals surface area contributed by atoms with Gasteiger partial charge in [0.2, 0.25) is 11.8 Å². The minimum absolute atomic E-state index is 0.0283. The first-order chi connectivity index (χ1) is 21.7. The number of likely N-dealkylation sites (tertiary alicyclic amines) is 1. The third kappa shape index (κ3) is 7.27. The Bertz CT molecular complexity index is 1730. The highest BCUT2D eigenvalue weighted by molar-refractivity contribution is 6.39. The highest BCUT2D eigenvalue weighted by atomic mass is 35.5. The number of methoxy groups -OCH3 is 2. The van der Waals surface area contributed by atoms with Crippen molar-refractivity contribution in [2.45, 2.75) is 32.7 Å². The number of aliphatic hydroxyl groups excluding tert-OH is 1. The lowest BCUT2D eigenvalue weighted by Gasteiger charge is -2.39. The van der Waals surface area contributed by atoms with E-state index in [1.54, 1.807) is 25.3 Å². The Hall–Kier alpha value is -4.06. The van der Waals surface area contributed by atoms with Crippen LogP contribution in [0.25, 0.3) is 22.4 Å². The fourth-order valence-electron chi connectivity index (χ4n) is 5.28. The molecule has 0 radical (unpaired) electrons. The number of halogens is 2. The van der Waals surface area contributed by atoms with Gasteiger partial charge in [0.25, 0.3) is 5.91 Å². The van der Waals surface area contributed by atoms with Crippen LogP contribution in [0.5, 0.6) is 5.88 Å². The molecule has 1 aliphatic heterocycles. The fourth-order valence-corrected chi connectivity index (χ4v) is 5.88. The van der Waals surface area contributed by atoms with Gasteiger partial charge in [-0.3, -0.25) is 19.5 Å². The van der Waals surface area contributed by atoms with E-state index in [2.05, 4.69) is 20.5 Å². The summed E-state index contributed by atoms with van der Waals surface area (Å²) in [6.07, 6.45) is 1.46. The summed E-state index contributed by atoms with van der Waals surface area (Å²) in [6.45, 7) is 3.71. The predicted octanol–water partition coefficient (Wildman–Crippen LogP) is 5.34. The molecule has 3 heterocycles. The zero-order chi connectivity index (χ0) is 32.1. The molecule has 1 fully saturated rings. The number of nitrogens with one attached hydrogen (secondary N) is 2. The second-order valence-electron chi connectivity index (χ2n) is 10.7. The molecule has 3 N–H and O–H groups in total. The average Bonchev–Trinajstić information content (AvgIpc) is 3.01. The second-order valence-corrected chi connectivity index (χ2v) is 11.4. The van der Waals surface area contributed by atoms with Crippen molar-refractivity contribution in [2.75, 3.05) is 32.6 Å². The molecule has 1 saturated heterocycles. The van der Waals surface area contributed by atoms with Gasteiger partial charge in [-0.15, -0.1) is 0 Å². The van der Waals surface area contributed by atoms with E-state index in [0.717, 1.165) is 18.7 Å². The molecule has 0 unspecified atom stereocenters. The maximum absolute atomic E-state index is 13.1. The molecule has 0 bridgehead atoms. The van der Waals surface area contributed by atoms with E-state index in [-0.39, 0.29) is 30.9 Å². The van der Waals surface area contributed by atoms with Crippen molar-refractivity contribution < 1.29 is 24.2 Å². The zero-order valence-corrected chi connectivity index (χ0v) is 26.6. The van der Waals surface area contributed by atoms with Crippen LogP contribution in [0.3, 0.4) is 0 Å². The number of aliphatic hydroxyl groups is 1. The first kappa shape index (κ1) is 32.3. The van der Waals surface area contributed by atoms with E-state index in [4.69, 9.17) is 37.7 Å². The maximum Gasteiger partial charge on any atom is 0.274 e. The van der Waals surface area contributed by atoms with Crippen molar-refractivity contribution in [1.29, 1.82) is 0 Å². The predicted molar refractivity (Wildman–Crippen MR) is 173 cm³/mol. The number of aromatic nitrogens is 2. The zero-order valence-electron chi connectivity index (χ0n) is 25.1. The molecule has 1 aliphatic rings. The summed E-state index contributed by atoms with van der Waals surface area (Å²) in [5.74, 6) is 0.00403. The lowest BCUT2D eigenvalue weighted by molar-refractivity contribution is -0.120. The van der Waals surface area contributed by atoms with Crippen molar-refractivity contribution >= 4 is 40.7 Å². The number of carbonyl (C=O) groups is 2. The van der Waals surface area contributed by atoms with Crippen LogP contribution in [0, 0.1) is 0 Å². The monoisotopic (exact) mass is 649 g/mol. The Kier molecular flexibility index (Phi) is 10.3. The molecule has 10 nitrogen and oxygen atoms in total. The van der Waals surface area contributed by atoms with Crippen molar-refractivity contribution in [2.24, 2.45) is 0 Å². The third-order valence-electron chi connectivity index (χ3n) is 7.49. The summed E-state index contributed by atoms with van der Waals surface area (Å²) < 4.78 is 10.8. The molecular weight excluding hydrogens is 617 g/mol. The lowest BCUT2D eigenvalue weighted by atomic mass is 10.00. The Morgan fingerprint density at radius 2 is 1.69 bits per heavy atom. The van der Waals surface area contributed by atoms with E-state index in [9.17, 15) is 14.7 Å².